The van der Waals surface area contributed by atoms with E-state index in [1.54, 1.807) is 0 Å². The van der Waals surface area contributed by atoms with E-state index in [1.165, 1.54) is 0 Å². The van der Waals surface area contributed by atoms with Crippen molar-refractivity contribution < 1.29 is 0 Å². The van der Waals surface area contributed by atoms with Gasteiger partial charge in [0.15, 0.2) is 0 Å². The number of hydrogen-bond acceptors (Lipinski definition) is 4. The van der Waals surface area contributed by atoms with Gasteiger partial charge < -0.3 is 10.2 Å². The first kappa shape index (κ1) is 14.3. The zero-order chi connectivity index (χ0) is 14.0. The van der Waals surface area contributed by atoms with Gasteiger partial charge in [0.25, 0.3) is 0 Å². The van der Waals surface area contributed by atoms with Gasteiger partial charge in [-0.2, -0.15) is 5.26 Å². The van der Waals surface area contributed by atoms with Crippen LogP contribution in [0.3, 0.4) is 0 Å². The Morgan fingerprint density at radius 2 is 2.32 bits per heavy atom. The van der Waals surface area contributed by atoms with Gasteiger partial charge in [-0.15, -0.1) is 0 Å². The third-order valence-corrected chi connectivity index (χ3v) is 3.95. The lowest BCUT2D eigenvalue weighted by molar-refractivity contribution is 0.481. The Morgan fingerprint density at radius 3 is 2.89 bits per heavy atom. The molecule has 4 nitrogen and oxygen atoms in total. The maximum absolute atomic E-state index is 9.32. The molecule has 1 atom stereocenters. The number of nitriles is 1. The molecule has 0 aliphatic carbocycles. The molecule has 5 heteroatoms. The van der Waals surface area contributed by atoms with Crippen LogP contribution in [0.1, 0.15) is 37.9 Å². The summed E-state index contributed by atoms with van der Waals surface area (Å²) >= 11 is 3.51. The number of pyridine rings is 1. The van der Waals surface area contributed by atoms with Crippen LogP contribution in [0.5, 0.6) is 0 Å². The van der Waals surface area contributed by atoms with Crippen molar-refractivity contribution in [3.8, 4) is 6.07 Å². The van der Waals surface area contributed by atoms with E-state index in [9.17, 15) is 5.26 Å². The number of nitrogens with one attached hydrogen (secondary N) is 1. The van der Waals surface area contributed by atoms with Gasteiger partial charge in [-0.3, -0.25) is 0 Å². The van der Waals surface area contributed by atoms with Gasteiger partial charge in [-0.05, 0) is 34.8 Å². The fourth-order valence-corrected chi connectivity index (χ4v) is 3.12. The minimum Gasteiger partial charge on any atom is -0.353 e. The number of halogens is 1. The smallest absolute Gasteiger partial charge is 0.147 e. The molecule has 1 aromatic heterocycles. The zero-order valence-electron chi connectivity index (χ0n) is 11.6. The Hall–Kier alpha value is -1.12. The largest absolute Gasteiger partial charge is 0.353 e. The van der Waals surface area contributed by atoms with Gasteiger partial charge in [-0.25, -0.2) is 4.98 Å². The van der Waals surface area contributed by atoms with Gasteiger partial charge in [0.2, 0.25) is 0 Å². The highest BCUT2D eigenvalue weighted by atomic mass is 79.9. The predicted molar refractivity (Wildman–Crippen MR) is 80.4 cm³/mol. The molecule has 0 spiro atoms. The van der Waals surface area contributed by atoms with Crippen molar-refractivity contribution in [2.75, 3.05) is 24.5 Å². The van der Waals surface area contributed by atoms with Crippen molar-refractivity contribution in [1.29, 1.82) is 5.26 Å². The first-order chi connectivity index (χ1) is 9.02. The Balaban J connectivity index is 2.43. The summed E-state index contributed by atoms with van der Waals surface area (Å²) in [5, 5.41) is 12.7. The Morgan fingerprint density at radius 1 is 1.58 bits per heavy atom. The van der Waals surface area contributed by atoms with E-state index in [4.69, 9.17) is 4.98 Å². The summed E-state index contributed by atoms with van der Waals surface area (Å²) in [5.74, 6) is 1.16. The average Bonchev–Trinajstić information content (AvgIpc) is 2.37. The van der Waals surface area contributed by atoms with Crippen LogP contribution in [0.15, 0.2) is 10.5 Å². The zero-order valence-corrected chi connectivity index (χ0v) is 13.2. The minimum atomic E-state index is 0.334. The molecule has 2 rings (SSSR count). The number of rotatable bonds is 2. The minimum absolute atomic E-state index is 0.334. The van der Waals surface area contributed by atoms with Crippen LogP contribution < -0.4 is 10.2 Å². The number of piperazine rings is 1. The first-order valence-electron chi connectivity index (χ1n) is 6.61. The average molecular weight is 323 g/mol. The van der Waals surface area contributed by atoms with E-state index in [1.807, 2.05) is 6.07 Å². The Kier molecular flexibility index (Phi) is 4.43. The lowest BCUT2D eigenvalue weighted by atomic mass is 10.1. The van der Waals surface area contributed by atoms with Crippen molar-refractivity contribution >= 4 is 21.7 Å². The summed E-state index contributed by atoms with van der Waals surface area (Å²) in [6, 6.07) is 4.58. The van der Waals surface area contributed by atoms with E-state index in [0.29, 0.717) is 17.5 Å². The van der Waals surface area contributed by atoms with E-state index < -0.39 is 0 Å². The maximum Gasteiger partial charge on any atom is 0.147 e. The number of hydrogen-bond donors (Lipinski definition) is 1. The summed E-state index contributed by atoms with van der Waals surface area (Å²) in [7, 11) is 0. The van der Waals surface area contributed by atoms with Gasteiger partial charge >= 0.3 is 0 Å². The molecule has 1 aliphatic heterocycles. The first-order valence-corrected chi connectivity index (χ1v) is 7.41. The van der Waals surface area contributed by atoms with Crippen LogP contribution in [0, 0.1) is 11.3 Å². The molecular weight excluding hydrogens is 304 g/mol. The van der Waals surface area contributed by atoms with Crippen molar-refractivity contribution in [2.24, 2.45) is 0 Å². The molecule has 0 aromatic carbocycles. The van der Waals surface area contributed by atoms with Gasteiger partial charge in [0.05, 0.1) is 11.3 Å². The number of anilines is 1. The van der Waals surface area contributed by atoms with Crippen molar-refractivity contribution in [2.45, 2.75) is 32.7 Å². The second-order valence-electron chi connectivity index (χ2n) is 5.29. The second kappa shape index (κ2) is 5.89. The van der Waals surface area contributed by atoms with Crippen LogP contribution >= 0.6 is 15.9 Å². The fourth-order valence-electron chi connectivity index (χ4n) is 2.35. The topological polar surface area (TPSA) is 52.0 Å². The molecule has 0 amide bonds. The molecule has 1 saturated heterocycles. The maximum atomic E-state index is 9.32. The van der Waals surface area contributed by atoms with Crippen molar-refractivity contribution in [3.05, 3.63) is 21.8 Å². The molecule has 0 bridgehead atoms. The number of aromatic nitrogens is 1. The lowest BCUT2D eigenvalue weighted by Gasteiger charge is -2.33. The summed E-state index contributed by atoms with van der Waals surface area (Å²) in [5.41, 5.74) is 1.66. The SMILES string of the molecule is CC1CN(c2nc(C(C)C)c(Br)cc2C#N)CCN1. The van der Waals surface area contributed by atoms with E-state index in [0.717, 1.165) is 35.6 Å². The molecule has 102 valence electrons. The van der Waals surface area contributed by atoms with E-state index >= 15 is 0 Å². The molecule has 1 aromatic rings. The molecule has 19 heavy (non-hydrogen) atoms. The van der Waals surface area contributed by atoms with Crippen LogP contribution in [0.25, 0.3) is 0 Å². The Labute approximate surface area is 122 Å². The van der Waals surface area contributed by atoms with Crippen LogP contribution in [0.4, 0.5) is 5.82 Å². The van der Waals surface area contributed by atoms with E-state index in [2.05, 4.69) is 53.0 Å². The second-order valence-corrected chi connectivity index (χ2v) is 6.15. The monoisotopic (exact) mass is 322 g/mol. The van der Waals surface area contributed by atoms with E-state index in [-0.39, 0.29) is 0 Å². The summed E-state index contributed by atoms with van der Waals surface area (Å²) in [6.07, 6.45) is 0. The number of nitrogens with zero attached hydrogens (tertiary/aromatic N) is 3. The summed E-state index contributed by atoms with van der Waals surface area (Å²) in [6.45, 7) is 9.10. The molecular formula is C14H19BrN4. The predicted octanol–water partition coefficient (Wildman–Crippen LogP) is 2.64. The van der Waals surface area contributed by atoms with Gasteiger partial charge in [-0.1, -0.05) is 13.8 Å². The molecule has 1 unspecified atom stereocenters. The molecule has 2 heterocycles. The fraction of sp³-hybridized carbons (Fsp3) is 0.571. The van der Waals surface area contributed by atoms with Crippen LogP contribution in [-0.2, 0) is 0 Å². The van der Waals surface area contributed by atoms with Crippen LogP contribution in [0.2, 0.25) is 0 Å². The van der Waals surface area contributed by atoms with Gasteiger partial charge in [0.1, 0.15) is 11.9 Å². The van der Waals surface area contributed by atoms with Crippen molar-refractivity contribution in [1.82, 2.24) is 10.3 Å². The molecule has 1 aliphatic rings. The van der Waals surface area contributed by atoms with Gasteiger partial charge in [0, 0.05) is 30.1 Å². The lowest BCUT2D eigenvalue weighted by Crippen LogP contribution is -2.49. The molecule has 1 fully saturated rings. The van der Waals surface area contributed by atoms with Crippen LogP contribution in [-0.4, -0.2) is 30.7 Å². The normalized spacial score (nSPS) is 19.6. The van der Waals surface area contributed by atoms with Crippen molar-refractivity contribution in [3.63, 3.8) is 0 Å². The Bertz CT molecular complexity index is 507. The third kappa shape index (κ3) is 3.07. The highest BCUT2D eigenvalue weighted by Crippen LogP contribution is 2.29. The molecule has 1 N–H and O–H groups in total. The quantitative estimate of drug-likeness (QED) is 0.909. The summed E-state index contributed by atoms with van der Waals surface area (Å²) in [4.78, 5) is 6.94. The summed E-state index contributed by atoms with van der Waals surface area (Å²) < 4.78 is 0.922. The highest BCUT2D eigenvalue weighted by Gasteiger charge is 2.21. The highest BCUT2D eigenvalue weighted by molar-refractivity contribution is 9.10. The third-order valence-electron chi connectivity index (χ3n) is 3.32. The molecule has 0 saturated carbocycles. The molecule has 0 radical (unpaired) electrons. The standard InChI is InChI=1S/C14H19BrN4/c1-9(2)13-12(15)6-11(7-16)14(18-13)19-5-4-17-10(3)8-19/h6,9-10,17H,4-5,8H2,1-3H3.